The Morgan fingerprint density at radius 1 is 0.634 bits per heavy atom. The van der Waals surface area contributed by atoms with Crippen LogP contribution < -0.4 is 0 Å². The fourth-order valence-electron chi connectivity index (χ4n) is 7.27. The molecule has 1 aliphatic rings. The lowest BCUT2D eigenvalue weighted by Crippen LogP contribution is -2.48. The van der Waals surface area contributed by atoms with Crippen LogP contribution in [0.3, 0.4) is 0 Å². The molecule has 0 saturated carbocycles. The first-order valence-electron chi connectivity index (χ1n) is 25.3. The van der Waals surface area contributed by atoms with Crippen LogP contribution in [0, 0.1) is 22.7 Å². The quantitative estimate of drug-likeness (QED) is 0.0581. The number of fused-ring (bicyclic) bond motifs is 2. The number of benzene rings is 3. The maximum absolute atomic E-state index is 12.9. The molecule has 71 heavy (non-hydrogen) atoms. The largest absolute Gasteiger partial charge is 0.416 e. The van der Waals surface area contributed by atoms with Gasteiger partial charge in [0, 0.05) is 71.6 Å². The van der Waals surface area contributed by atoms with E-state index in [1.165, 1.54) is 12.5 Å². The lowest BCUT2D eigenvalue weighted by Gasteiger charge is -2.43. The third kappa shape index (κ3) is 17.2. The molecule has 3 aromatic carbocycles. The van der Waals surface area contributed by atoms with Crippen molar-refractivity contribution in [1.29, 1.82) is 0 Å². The molecule has 12 heteroatoms. The van der Waals surface area contributed by atoms with Gasteiger partial charge in [0.1, 0.15) is 0 Å². The van der Waals surface area contributed by atoms with Crippen LogP contribution in [0.25, 0.3) is 16.8 Å². The van der Waals surface area contributed by atoms with E-state index < -0.39 is 33.3 Å². The van der Waals surface area contributed by atoms with Crippen molar-refractivity contribution in [2.45, 2.75) is 203 Å². The van der Waals surface area contributed by atoms with E-state index >= 15 is 0 Å². The van der Waals surface area contributed by atoms with Gasteiger partial charge in [-0.05, 0) is 145 Å². The number of hydrogen-bond acceptors (Lipinski definition) is 6. The highest BCUT2D eigenvalue weighted by Crippen LogP contribution is 2.48. The van der Waals surface area contributed by atoms with Gasteiger partial charge < -0.3 is 17.7 Å². The molecule has 0 bridgehead atoms. The van der Waals surface area contributed by atoms with Gasteiger partial charge in [-0.25, -0.2) is 0 Å². The second kappa shape index (κ2) is 24.2. The van der Waals surface area contributed by atoms with Gasteiger partial charge in [0.15, 0.2) is 39.1 Å². The zero-order chi connectivity index (χ0) is 53.7. The average Bonchev–Trinajstić information content (AvgIpc) is 3.57. The Hall–Kier alpha value is -2.15. The first kappa shape index (κ1) is 65.0. The highest BCUT2D eigenvalue weighted by Gasteiger charge is 2.47. The highest BCUT2D eigenvalue weighted by atomic mass is 35.5. The number of carbonyl (C=O) groups excluding carboxylic acids is 2. The molecule has 398 valence electrons. The summed E-state index contributed by atoms with van der Waals surface area (Å²) < 4.78 is 27.2. The van der Waals surface area contributed by atoms with Crippen molar-refractivity contribution >= 4 is 84.9 Å². The SMILES string of the molecule is C.CC(=O)C#CCC(C/C=C/c1ccccc1Cl)(CO[Si](C)(C)C(C)(C)C)CO[Si](C)(C)C(C)(C)C.CC(=O)c1c2c(cc3c(Cl)cccc13)CC(CO[Si](C)(C)C(C)(C)C)(CO[Si](C)(C)C(C)(C)C)C2. The third-order valence-electron chi connectivity index (χ3n) is 16.5. The Bertz CT molecular complexity index is 2340. The summed E-state index contributed by atoms with van der Waals surface area (Å²) in [6, 6.07) is 15.9. The minimum atomic E-state index is -2.00. The molecule has 6 nitrogen and oxygen atoms in total. The average molecular weight is 1080 g/mol. The van der Waals surface area contributed by atoms with E-state index in [4.69, 9.17) is 40.9 Å². The van der Waals surface area contributed by atoms with Crippen LogP contribution in [0.5, 0.6) is 0 Å². The summed E-state index contributed by atoms with van der Waals surface area (Å²) in [5.74, 6) is 5.87. The molecule has 0 aliphatic heterocycles. The van der Waals surface area contributed by atoms with Gasteiger partial charge >= 0.3 is 0 Å². The van der Waals surface area contributed by atoms with E-state index in [2.05, 4.69) is 166 Å². The molecule has 0 aromatic heterocycles. The topological polar surface area (TPSA) is 71.1 Å². The molecule has 0 atom stereocenters. The second-order valence-corrected chi connectivity index (χ2v) is 46.5. The zero-order valence-electron chi connectivity index (χ0n) is 47.6. The number of halogens is 2. The maximum atomic E-state index is 12.9. The van der Waals surface area contributed by atoms with Gasteiger partial charge in [0.2, 0.25) is 5.78 Å². The van der Waals surface area contributed by atoms with E-state index in [1.54, 1.807) is 6.92 Å². The zero-order valence-corrected chi connectivity index (χ0v) is 53.1. The smallest absolute Gasteiger partial charge is 0.202 e. The molecule has 0 unspecified atom stereocenters. The summed E-state index contributed by atoms with van der Waals surface area (Å²) in [6.45, 7) is 51.1. The Kier molecular flexibility index (Phi) is 22.2. The van der Waals surface area contributed by atoms with Crippen LogP contribution in [-0.4, -0.2) is 71.3 Å². The monoisotopic (exact) mass is 1080 g/mol. The Morgan fingerprint density at radius 2 is 1.08 bits per heavy atom. The number of rotatable bonds is 17. The van der Waals surface area contributed by atoms with Crippen molar-refractivity contribution in [3.05, 3.63) is 86.9 Å². The van der Waals surface area contributed by atoms with Crippen LogP contribution in [0.4, 0.5) is 0 Å². The summed E-state index contributed by atoms with van der Waals surface area (Å²) in [5.41, 5.74) is 3.61. The van der Waals surface area contributed by atoms with E-state index in [0.717, 1.165) is 45.3 Å². The van der Waals surface area contributed by atoms with E-state index in [1.807, 2.05) is 42.5 Å². The van der Waals surface area contributed by atoms with Crippen molar-refractivity contribution in [3.8, 4) is 11.8 Å². The fraction of sp³-hybridized carbons (Fsp3) is 0.627. The van der Waals surface area contributed by atoms with Gasteiger partial charge in [-0.15, -0.1) is 0 Å². The van der Waals surface area contributed by atoms with Crippen molar-refractivity contribution in [2.24, 2.45) is 10.8 Å². The van der Waals surface area contributed by atoms with Crippen molar-refractivity contribution in [2.75, 3.05) is 26.4 Å². The summed E-state index contributed by atoms with van der Waals surface area (Å²) in [5, 5.41) is 3.79. The normalized spacial score (nSPS) is 14.9. The molecule has 0 saturated heterocycles. The van der Waals surface area contributed by atoms with E-state index in [0.29, 0.717) is 44.3 Å². The summed E-state index contributed by atoms with van der Waals surface area (Å²) >= 11 is 13.0. The second-order valence-electron chi connectivity index (χ2n) is 26.5. The number of ketones is 2. The van der Waals surface area contributed by atoms with Crippen LogP contribution in [0.1, 0.15) is 144 Å². The molecule has 0 spiro atoms. The van der Waals surface area contributed by atoms with Crippen LogP contribution >= 0.6 is 23.2 Å². The molecule has 0 radical (unpaired) electrons. The Labute approximate surface area is 448 Å². The number of carbonyl (C=O) groups is 2. The Balaban J connectivity index is 0.000000480. The number of allylic oxidation sites excluding steroid dienone is 1. The molecular formula is C59H96Cl2O6Si4. The standard InChI is InChI=1S/C29H45ClO3Si2.C29H47ClO3Si2.CH4/c1-20(31)26-22-13-12-14-25(30)23(22)15-21-16-29(17-24(21)26,18-32-34(8,9)27(2,3)4)19-33-35(10,11)28(5,6)7;1-24(31)16-14-20-29(22-32-34(8,9)27(2,3)4,23-33-35(10,11)28(5,6)7)21-15-18-25-17-12-13-19-26(25)30;/h12-15H,16-19H2,1-11H3;12-13,15,17-19H,20-23H2,1-11H3;1H4/b;18-15+;. The van der Waals surface area contributed by atoms with E-state index in [9.17, 15) is 9.59 Å². The highest BCUT2D eigenvalue weighted by molar-refractivity contribution is 6.75. The first-order chi connectivity index (χ1) is 31.6. The molecule has 1 aliphatic carbocycles. The van der Waals surface area contributed by atoms with Crippen molar-refractivity contribution < 1.29 is 27.3 Å². The molecule has 0 fully saturated rings. The van der Waals surface area contributed by atoms with Gasteiger partial charge in [-0.1, -0.05) is 162 Å². The van der Waals surface area contributed by atoms with Gasteiger partial charge in [0.05, 0.1) is 0 Å². The molecule has 3 aromatic rings. The maximum Gasteiger partial charge on any atom is 0.202 e. The number of Topliss-reactive ketones (excluding diaryl/α,β-unsaturated/α-hetero) is 2. The van der Waals surface area contributed by atoms with Gasteiger partial charge in [0.25, 0.3) is 0 Å². The van der Waals surface area contributed by atoms with Crippen molar-refractivity contribution in [1.82, 2.24) is 0 Å². The summed E-state index contributed by atoms with van der Waals surface area (Å²) in [6.07, 6.45) is 7.10. The molecule has 0 amide bonds. The lowest BCUT2D eigenvalue weighted by atomic mass is 9.82. The molecule has 0 N–H and O–H groups in total. The number of hydrogen-bond donors (Lipinski definition) is 0. The summed E-state index contributed by atoms with van der Waals surface area (Å²) in [7, 11) is -7.93. The van der Waals surface area contributed by atoms with Crippen LogP contribution in [0.15, 0.2) is 54.6 Å². The van der Waals surface area contributed by atoms with E-state index in [-0.39, 0.29) is 50.0 Å². The predicted molar refractivity (Wildman–Crippen MR) is 319 cm³/mol. The van der Waals surface area contributed by atoms with Gasteiger partial charge in [-0.2, -0.15) is 0 Å². The first-order valence-corrected chi connectivity index (χ1v) is 37.7. The predicted octanol–water partition coefficient (Wildman–Crippen LogP) is 18.2. The minimum absolute atomic E-state index is 0. The fourth-order valence-corrected chi connectivity index (χ4v) is 12.1. The molecule has 0 heterocycles. The molecular weight excluding hydrogens is 988 g/mol. The summed E-state index contributed by atoms with van der Waals surface area (Å²) in [4.78, 5) is 24.6. The van der Waals surface area contributed by atoms with Crippen molar-refractivity contribution in [3.63, 3.8) is 0 Å². The lowest BCUT2D eigenvalue weighted by molar-refractivity contribution is -0.111. The Morgan fingerprint density at radius 3 is 1.52 bits per heavy atom. The molecule has 4 rings (SSSR count). The third-order valence-corrected chi connectivity index (χ3v) is 35.0. The van der Waals surface area contributed by atoms with Gasteiger partial charge in [-0.3, -0.25) is 9.59 Å². The van der Waals surface area contributed by atoms with Crippen LogP contribution in [-0.2, 0) is 35.3 Å². The minimum Gasteiger partial charge on any atom is -0.416 e. The van der Waals surface area contributed by atoms with Crippen LogP contribution in [0.2, 0.25) is 82.6 Å².